The molecule has 0 N–H and O–H groups in total. The molecular formula is C10H14Cl3NOSi. The van der Waals surface area contributed by atoms with Crippen molar-refractivity contribution < 1.29 is 4.43 Å². The van der Waals surface area contributed by atoms with E-state index in [2.05, 4.69) is 4.98 Å². The average molecular weight is 299 g/mol. The van der Waals surface area contributed by atoms with Crippen molar-refractivity contribution in [3.05, 3.63) is 30.1 Å². The van der Waals surface area contributed by atoms with E-state index in [1.807, 2.05) is 25.7 Å². The molecule has 0 saturated heterocycles. The summed E-state index contributed by atoms with van der Waals surface area (Å²) in [5.41, 5.74) is 0.782. The second-order valence-electron chi connectivity index (χ2n) is 4.44. The number of halogens is 3. The molecule has 1 heterocycles. The second kappa shape index (κ2) is 5.23. The first-order valence-corrected chi connectivity index (χ1v) is 9.39. The smallest absolute Gasteiger partial charge is 0.219 e. The highest BCUT2D eigenvalue weighted by atomic mass is 35.6. The Morgan fingerprint density at radius 3 is 2.31 bits per heavy atom. The van der Waals surface area contributed by atoms with E-state index in [9.17, 15) is 0 Å². The van der Waals surface area contributed by atoms with Gasteiger partial charge in [-0.25, -0.2) is 0 Å². The van der Waals surface area contributed by atoms with Crippen molar-refractivity contribution >= 4 is 43.1 Å². The Balaban J connectivity index is 2.98. The summed E-state index contributed by atoms with van der Waals surface area (Å²) in [6.07, 6.45) is 2.76. The lowest BCUT2D eigenvalue weighted by Crippen LogP contribution is -2.33. The maximum absolute atomic E-state index is 5.94. The van der Waals surface area contributed by atoms with Crippen LogP contribution in [0.15, 0.2) is 24.5 Å². The van der Waals surface area contributed by atoms with Gasteiger partial charge in [-0.1, -0.05) is 40.9 Å². The van der Waals surface area contributed by atoms with Gasteiger partial charge >= 0.3 is 0 Å². The minimum Gasteiger partial charge on any atom is -0.406 e. The number of rotatable bonds is 3. The van der Waals surface area contributed by atoms with Crippen LogP contribution in [0.5, 0.6) is 0 Å². The lowest BCUT2D eigenvalue weighted by molar-refractivity contribution is 0.202. The van der Waals surface area contributed by atoms with Crippen molar-refractivity contribution in [2.24, 2.45) is 0 Å². The third-order valence-corrected chi connectivity index (χ3v) is 3.29. The molecule has 1 unspecified atom stereocenters. The van der Waals surface area contributed by atoms with Gasteiger partial charge in [0, 0.05) is 18.0 Å². The Hall–Kier alpha value is 0.197. The average Bonchev–Trinajstić information content (AvgIpc) is 2.13. The number of pyridine rings is 1. The van der Waals surface area contributed by atoms with Gasteiger partial charge in [-0.3, -0.25) is 4.98 Å². The summed E-state index contributed by atoms with van der Waals surface area (Å²) in [7, 11) is -1.79. The van der Waals surface area contributed by atoms with E-state index in [4.69, 9.17) is 39.2 Å². The zero-order chi connectivity index (χ0) is 12.4. The van der Waals surface area contributed by atoms with Crippen LogP contribution in [0.2, 0.25) is 19.6 Å². The Morgan fingerprint density at radius 1 is 1.31 bits per heavy atom. The summed E-state index contributed by atoms with van der Waals surface area (Å²) in [5.74, 6) is 0. The van der Waals surface area contributed by atoms with Crippen LogP contribution < -0.4 is 0 Å². The highest BCUT2D eigenvalue weighted by Gasteiger charge is 2.38. The third kappa shape index (κ3) is 4.59. The van der Waals surface area contributed by atoms with E-state index in [0.717, 1.165) is 5.56 Å². The molecule has 2 nitrogen and oxygen atoms in total. The van der Waals surface area contributed by atoms with E-state index in [0.29, 0.717) is 0 Å². The molecule has 0 aliphatic heterocycles. The summed E-state index contributed by atoms with van der Waals surface area (Å²) in [4.78, 5) is 4.01. The van der Waals surface area contributed by atoms with Crippen molar-refractivity contribution in [3.63, 3.8) is 0 Å². The Morgan fingerprint density at radius 2 is 1.94 bits per heavy atom. The second-order valence-corrected chi connectivity index (χ2v) is 11.3. The Kier molecular flexibility index (Phi) is 4.66. The van der Waals surface area contributed by atoms with Gasteiger partial charge in [0.25, 0.3) is 0 Å². The molecule has 0 spiro atoms. The molecule has 0 aliphatic carbocycles. The maximum Gasteiger partial charge on any atom is 0.219 e. The van der Waals surface area contributed by atoms with Gasteiger partial charge in [0.15, 0.2) is 8.32 Å². The van der Waals surface area contributed by atoms with Gasteiger partial charge in [-0.15, -0.1) is 0 Å². The highest BCUT2D eigenvalue weighted by Crippen LogP contribution is 2.43. The SMILES string of the molecule is C[Si](C)(C)OC(c1cccnc1)C(Cl)(Cl)Cl. The Labute approximate surface area is 112 Å². The molecule has 0 fully saturated rings. The van der Waals surface area contributed by atoms with Gasteiger partial charge in [0.2, 0.25) is 3.79 Å². The van der Waals surface area contributed by atoms with Gasteiger partial charge in [-0.2, -0.15) is 0 Å². The molecule has 0 bridgehead atoms. The van der Waals surface area contributed by atoms with Crippen LogP contribution in [0.4, 0.5) is 0 Å². The van der Waals surface area contributed by atoms with Crippen LogP contribution >= 0.6 is 34.8 Å². The molecular weight excluding hydrogens is 285 g/mol. The number of hydrogen-bond acceptors (Lipinski definition) is 2. The first-order valence-electron chi connectivity index (χ1n) is 4.84. The molecule has 1 aromatic heterocycles. The monoisotopic (exact) mass is 297 g/mol. The molecule has 0 aliphatic rings. The predicted octanol–water partition coefficient (Wildman–Crippen LogP) is 4.34. The molecule has 1 aromatic rings. The predicted molar refractivity (Wildman–Crippen MR) is 71.7 cm³/mol. The van der Waals surface area contributed by atoms with E-state index < -0.39 is 18.2 Å². The highest BCUT2D eigenvalue weighted by molar-refractivity contribution is 6.71. The van der Waals surface area contributed by atoms with Crippen LogP contribution in [0.25, 0.3) is 0 Å². The first kappa shape index (κ1) is 14.3. The van der Waals surface area contributed by atoms with Crippen molar-refractivity contribution in [3.8, 4) is 0 Å². The molecule has 0 amide bonds. The van der Waals surface area contributed by atoms with E-state index >= 15 is 0 Å². The zero-order valence-corrected chi connectivity index (χ0v) is 12.6. The maximum atomic E-state index is 5.94. The summed E-state index contributed by atoms with van der Waals surface area (Å²) >= 11 is 17.8. The molecule has 1 atom stereocenters. The van der Waals surface area contributed by atoms with Gasteiger partial charge in [0.1, 0.15) is 6.10 Å². The van der Waals surface area contributed by atoms with Crippen LogP contribution in [-0.4, -0.2) is 17.1 Å². The quantitative estimate of drug-likeness (QED) is 0.611. The van der Waals surface area contributed by atoms with Crippen LogP contribution in [-0.2, 0) is 4.43 Å². The standard InChI is InChI=1S/C10H14Cl3NOSi/c1-16(2,3)15-9(10(11,12)13)8-5-4-6-14-7-8/h4-7,9H,1-3H3. The minimum absolute atomic E-state index is 0.571. The molecule has 16 heavy (non-hydrogen) atoms. The lowest BCUT2D eigenvalue weighted by Gasteiger charge is -2.31. The molecule has 0 saturated carbocycles. The largest absolute Gasteiger partial charge is 0.406 e. The van der Waals surface area contributed by atoms with Crippen molar-refractivity contribution in [1.29, 1.82) is 0 Å². The Bertz CT molecular complexity index is 334. The zero-order valence-electron chi connectivity index (χ0n) is 9.38. The fourth-order valence-corrected chi connectivity index (χ4v) is 2.96. The first-order chi connectivity index (χ1) is 7.20. The van der Waals surface area contributed by atoms with Gasteiger partial charge < -0.3 is 4.43 Å². The number of hydrogen-bond donors (Lipinski definition) is 0. The molecule has 0 radical (unpaired) electrons. The molecule has 0 aromatic carbocycles. The number of aromatic nitrogens is 1. The fourth-order valence-electron chi connectivity index (χ4n) is 1.21. The van der Waals surface area contributed by atoms with Gasteiger partial charge in [-0.05, 0) is 25.7 Å². The topological polar surface area (TPSA) is 22.1 Å². The minimum atomic E-state index is -1.79. The summed E-state index contributed by atoms with van der Waals surface area (Å²) in [5, 5.41) is 0. The van der Waals surface area contributed by atoms with Crippen molar-refractivity contribution in [2.45, 2.75) is 29.5 Å². The van der Waals surface area contributed by atoms with Crippen molar-refractivity contribution in [1.82, 2.24) is 4.98 Å². The van der Waals surface area contributed by atoms with E-state index in [-0.39, 0.29) is 0 Å². The third-order valence-electron chi connectivity index (χ3n) is 1.76. The molecule has 1 rings (SSSR count). The van der Waals surface area contributed by atoms with E-state index in [1.54, 1.807) is 18.5 Å². The fraction of sp³-hybridized carbons (Fsp3) is 0.500. The summed E-state index contributed by atoms with van der Waals surface area (Å²) < 4.78 is 4.41. The van der Waals surface area contributed by atoms with Crippen LogP contribution in [0, 0.1) is 0 Å². The summed E-state index contributed by atoms with van der Waals surface area (Å²) in [6, 6.07) is 3.64. The lowest BCUT2D eigenvalue weighted by atomic mass is 10.2. The number of nitrogens with zero attached hydrogens (tertiary/aromatic N) is 1. The van der Waals surface area contributed by atoms with Crippen molar-refractivity contribution in [2.75, 3.05) is 0 Å². The number of alkyl halides is 3. The summed E-state index contributed by atoms with van der Waals surface area (Å²) in [6.45, 7) is 6.15. The molecule has 90 valence electrons. The van der Waals surface area contributed by atoms with Crippen LogP contribution in [0.3, 0.4) is 0 Å². The molecule has 6 heteroatoms. The van der Waals surface area contributed by atoms with Gasteiger partial charge in [0.05, 0.1) is 0 Å². The normalized spacial score (nSPS) is 14.9. The van der Waals surface area contributed by atoms with Crippen LogP contribution in [0.1, 0.15) is 11.7 Å². The van der Waals surface area contributed by atoms with E-state index in [1.165, 1.54) is 0 Å².